The zero-order chi connectivity index (χ0) is 18.5. The molecule has 0 radical (unpaired) electrons. The topological polar surface area (TPSA) is 79.5 Å². The van der Waals surface area contributed by atoms with Gasteiger partial charge in [0.2, 0.25) is 0 Å². The molecular weight excluding hydrogens is 354 g/mol. The third-order valence-electron chi connectivity index (χ3n) is 4.08. The zero-order valence-electron chi connectivity index (χ0n) is 14.3. The summed E-state index contributed by atoms with van der Waals surface area (Å²) in [6.07, 6.45) is 2.31. The molecule has 136 valence electrons. The second-order valence-corrected chi connectivity index (χ2v) is 6.56. The van der Waals surface area contributed by atoms with Crippen molar-refractivity contribution in [2.24, 2.45) is 5.92 Å². The standard InChI is InChI=1S/C19H20ClN3O3/c1-26-17-9-8-13(20)10-16(17)23-19(25)22-15-5-3-2-4-14(15)18(24)21-11-12-6-7-12/h2-5,8-10,12H,6-7,11H2,1H3,(H,21,24)(H2,22,23,25). The van der Waals surface area contributed by atoms with Crippen LogP contribution < -0.4 is 20.7 Å². The van der Waals surface area contributed by atoms with Crippen molar-refractivity contribution in [2.45, 2.75) is 12.8 Å². The molecule has 0 atom stereocenters. The molecule has 3 N–H and O–H groups in total. The first-order valence-electron chi connectivity index (χ1n) is 8.35. The van der Waals surface area contributed by atoms with Gasteiger partial charge >= 0.3 is 6.03 Å². The molecule has 6 nitrogen and oxygen atoms in total. The van der Waals surface area contributed by atoms with Gasteiger partial charge in [-0.25, -0.2) is 4.79 Å². The van der Waals surface area contributed by atoms with Gasteiger partial charge in [-0.15, -0.1) is 0 Å². The molecule has 0 saturated heterocycles. The van der Waals surface area contributed by atoms with Crippen LogP contribution in [0.1, 0.15) is 23.2 Å². The van der Waals surface area contributed by atoms with Gasteiger partial charge in [0, 0.05) is 11.6 Å². The molecule has 0 unspecified atom stereocenters. The van der Waals surface area contributed by atoms with Crippen molar-refractivity contribution >= 4 is 34.9 Å². The third-order valence-corrected chi connectivity index (χ3v) is 4.31. The molecule has 0 bridgehead atoms. The Bertz CT molecular complexity index is 821. The van der Waals surface area contributed by atoms with Crippen molar-refractivity contribution in [1.29, 1.82) is 0 Å². The normalized spacial score (nSPS) is 13.0. The number of ether oxygens (including phenoxy) is 1. The van der Waals surface area contributed by atoms with Crippen molar-refractivity contribution in [1.82, 2.24) is 5.32 Å². The van der Waals surface area contributed by atoms with Crippen LogP contribution in [0.5, 0.6) is 5.75 Å². The smallest absolute Gasteiger partial charge is 0.323 e. The highest BCUT2D eigenvalue weighted by molar-refractivity contribution is 6.31. The Balaban J connectivity index is 1.69. The van der Waals surface area contributed by atoms with E-state index in [1.807, 2.05) is 0 Å². The highest BCUT2D eigenvalue weighted by atomic mass is 35.5. The van der Waals surface area contributed by atoms with Gasteiger partial charge < -0.3 is 20.7 Å². The third kappa shape index (κ3) is 4.67. The molecule has 0 spiro atoms. The fourth-order valence-corrected chi connectivity index (χ4v) is 2.67. The number of benzene rings is 2. The molecule has 0 aromatic heterocycles. The number of halogens is 1. The van der Waals surface area contributed by atoms with E-state index in [0.717, 1.165) is 12.8 Å². The molecule has 0 aliphatic heterocycles. The number of rotatable bonds is 6. The fraction of sp³-hybridized carbons (Fsp3) is 0.263. The van der Waals surface area contributed by atoms with Gasteiger partial charge in [-0.3, -0.25) is 4.79 Å². The number of carbonyl (C=O) groups is 2. The molecule has 2 aromatic carbocycles. The lowest BCUT2D eigenvalue weighted by Crippen LogP contribution is -2.28. The Morgan fingerprint density at radius 3 is 2.58 bits per heavy atom. The Kier molecular flexibility index (Phi) is 5.63. The number of methoxy groups -OCH3 is 1. The summed E-state index contributed by atoms with van der Waals surface area (Å²) >= 11 is 5.97. The van der Waals surface area contributed by atoms with E-state index in [4.69, 9.17) is 16.3 Å². The summed E-state index contributed by atoms with van der Waals surface area (Å²) in [6, 6.07) is 11.3. The van der Waals surface area contributed by atoms with Gasteiger partial charge in [0.15, 0.2) is 0 Å². The SMILES string of the molecule is COc1ccc(Cl)cc1NC(=O)Nc1ccccc1C(=O)NCC1CC1. The van der Waals surface area contributed by atoms with Crippen LogP contribution in [0, 0.1) is 5.92 Å². The summed E-state index contributed by atoms with van der Waals surface area (Å²) in [5, 5.41) is 8.77. The van der Waals surface area contributed by atoms with E-state index in [1.165, 1.54) is 7.11 Å². The second-order valence-electron chi connectivity index (χ2n) is 6.12. The number of urea groups is 1. The van der Waals surface area contributed by atoms with Crippen molar-refractivity contribution < 1.29 is 14.3 Å². The Hall–Kier alpha value is -2.73. The summed E-state index contributed by atoms with van der Waals surface area (Å²) in [7, 11) is 1.51. The summed E-state index contributed by atoms with van der Waals surface area (Å²) < 4.78 is 5.21. The first-order valence-corrected chi connectivity index (χ1v) is 8.73. The molecule has 3 rings (SSSR count). The minimum atomic E-state index is -0.493. The van der Waals surface area contributed by atoms with E-state index in [1.54, 1.807) is 42.5 Å². The van der Waals surface area contributed by atoms with Gasteiger partial charge in [0.05, 0.1) is 24.0 Å². The lowest BCUT2D eigenvalue weighted by atomic mass is 10.1. The first-order chi connectivity index (χ1) is 12.6. The maximum atomic E-state index is 12.4. The molecule has 7 heteroatoms. The maximum Gasteiger partial charge on any atom is 0.323 e. The molecule has 2 aromatic rings. The largest absolute Gasteiger partial charge is 0.495 e. The average molecular weight is 374 g/mol. The van der Waals surface area contributed by atoms with Crippen LogP contribution in [-0.2, 0) is 0 Å². The second kappa shape index (κ2) is 8.10. The van der Waals surface area contributed by atoms with Crippen LogP contribution in [0.4, 0.5) is 16.2 Å². The van der Waals surface area contributed by atoms with E-state index in [2.05, 4.69) is 16.0 Å². The van der Waals surface area contributed by atoms with Gasteiger partial charge in [-0.05, 0) is 49.1 Å². The van der Waals surface area contributed by atoms with Gasteiger partial charge in [0.25, 0.3) is 5.91 Å². The van der Waals surface area contributed by atoms with Crippen LogP contribution >= 0.6 is 11.6 Å². The number of para-hydroxylation sites is 1. The number of hydrogen-bond donors (Lipinski definition) is 3. The Morgan fingerprint density at radius 2 is 1.85 bits per heavy atom. The van der Waals surface area contributed by atoms with Crippen LogP contribution in [0.3, 0.4) is 0 Å². The minimum Gasteiger partial charge on any atom is -0.495 e. The summed E-state index contributed by atoms with van der Waals surface area (Å²) in [6.45, 7) is 0.666. The van der Waals surface area contributed by atoms with Crippen LogP contribution in [0.15, 0.2) is 42.5 Å². The lowest BCUT2D eigenvalue weighted by molar-refractivity contribution is 0.0952. The number of nitrogens with one attached hydrogen (secondary N) is 3. The quantitative estimate of drug-likeness (QED) is 0.712. The molecule has 1 saturated carbocycles. The predicted molar refractivity (Wildman–Crippen MR) is 102 cm³/mol. The van der Waals surface area contributed by atoms with E-state index in [9.17, 15) is 9.59 Å². The molecule has 1 aliphatic carbocycles. The molecule has 26 heavy (non-hydrogen) atoms. The maximum absolute atomic E-state index is 12.4. The van der Waals surface area contributed by atoms with Crippen molar-refractivity contribution in [2.75, 3.05) is 24.3 Å². The fourth-order valence-electron chi connectivity index (χ4n) is 2.50. The van der Waals surface area contributed by atoms with E-state index in [0.29, 0.717) is 40.2 Å². The van der Waals surface area contributed by atoms with E-state index < -0.39 is 6.03 Å². The summed E-state index contributed by atoms with van der Waals surface area (Å²) in [4.78, 5) is 24.7. The predicted octanol–water partition coefficient (Wildman–Crippen LogP) is 4.13. The van der Waals surface area contributed by atoms with Crippen LogP contribution in [-0.4, -0.2) is 25.6 Å². The molecule has 1 fully saturated rings. The Labute approximate surface area is 156 Å². The summed E-state index contributed by atoms with van der Waals surface area (Å²) in [5.74, 6) is 0.866. The van der Waals surface area contributed by atoms with E-state index >= 15 is 0 Å². The highest BCUT2D eigenvalue weighted by Crippen LogP contribution is 2.29. The molecular formula is C19H20ClN3O3. The number of carbonyl (C=O) groups excluding carboxylic acids is 2. The lowest BCUT2D eigenvalue weighted by Gasteiger charge is -2.14. The molecule has 3 amide bonds. The van der Waals surface area contributed by atoms with Gasteiger partial charge in [-0.1, -0.05) is 23.7 Å². The highest BCUT2D eigenvalue weighted by Gasteiger charge is 2.22. The molecule has 0 heterocycles. The average Bonchev–Trinajstić information content (AvgIpc) is 3.45. The van der Waals surface area contributed by atoms with Crippen LogP contribution in [0.2, 0.25) is 5.02 Å². The first kappa shape index (κ1) is 18.1. The van der Waals surface area contributed by atoms with Crippen LogP contribution in [0.25, 0.3) is 0 Å². The summed E-state index contributed by atoms with van der Waals surface area (Å²) in [5.41, 5.74) is 1.29. The van der Waals surface area contributed by atoms with Crippen molar-refractivity contribution in [3.8, 4) is 5.75 Å². The number of amides is 3. The minimum absolute atomic E-state index is 0.201. The van der Waals surface area contributed by atoms with Crippen molar-refractivity contribution in [3.63, 3.8) is 0 Å². The zero-order valence-corrected chi connectivity index (χ0v) is 15.1. The molecule has 1 aliphatic rings. The van der Waals surface area contributed by atoms with Crippen molar-refractivity contribution in [3.05, 3.63) is 53.1 Å². The Morgan fingerprint density at radius 1 is 1.12 bits per heavy atom. The monoisotopic (exact) mass is 373 g/mol. The van der Waals surface area contributed by atoms with Gasteiger partial charge in [-0.2, -0.15) is 0 Å². The van der Waals surface area contributed by atoms with Gasteiger partial charge in [0.1, 0.15) is 5.75 Å². The number of anilines is 2. The van der Waals surface area contributed by atoms with E-state index in [-0.39, 0.29) is 5.91 Å². The number of hydrogen-bond acceptors (Lipinski definition) is 3.